The molecule has 0 aliphatic carbocycles. The van der Waals surface area contributed by atoms with E-state index in [1.807, 2.05) is 24.3 Å². The van der Waals surface area contributed by atoms with Crippen molar-refractivity contribution in [3.05, 3.63) is 59.8 Å². The molecule has 1 aromatic heterocycles. The van der Waals surface area contributed by atoms with E-state index in [1.165, 1.54) is 42.8 Å². The van der Waals surface area contributed by atoms with Crippen molar-refractivity contribution < 1.29 is 4.42 Å². The van der Waals surface area contributed by atoms with Gasteiger partial charge in [-0.05, 0) is 61.1 Å². The fraction of sp³-hybridized carbons (Fsp3) is 0.286. The van der Waals surface area contributed by atoms with Gasteiger partial charge >= 0.3 is 0 Å². The molecule has 3 aromatic rings. The number of halogens is 1. The zero-order valence-corrected chi connectivity index (χ0v) is 15.1. The fourth-order valence-electron chi connectivity index (χ4n) is 4.20. The molecular formula is C21H21ClN2O. The lowest BCUT2D eigenvalue weighted by molar-refractivity contribution is 0.230. The third-order valence-electron chi connectivity index (χ3n) is 5.50. The Hall–Kier alpha value is -2.26. The van der Waals surface area contributed by atoms with Crippen molar-refractivity contribution in [2.75, 3.05) is 13.1 Å². The second-order valence-corrected chi connectivity index (χ2v) is 6.82. The monoisotopic (exact) mass is 352 g/mol. The zero-order valence-electron chi connectivity index (χ0n) is 14.2. The van der Waals surface area contributed by atoms with Crippen LogP contribution in [-0.2, 0) is 0 Å². The van der Waals surface area contributed by atoms with Crippen LogP contribution in [0.3, 0.4) is 0 Å². The van der Waals surface area contributed by atoms with Crippen molar-refractivity contribution in [1.29, 1.82) is 0 Å². The van der Waals surface area contributed by atoms with Gasteiger partial charge < -0.3 is 9.32 Å². The Morgan fingerprint density at radius 2 is 1.64 bits per heavy atom. The molecule has 0 radical (unpaired) electrons. The van der Waals surface area contributed by atoms with E-state index in [2.05, 4.69) is 41.1 Å². The lowest BCUT2D eigenvalue weighted by atomic mass is 9.79. The van der Waals surface area contributed by atoms with Crippen LogP contribution in [-0.4, -0.2) is 23.0 Å². The summed E-state index contributed by atoms with van der Waals surface area (Å²) in [5, 5.41) is 0. The largest absolute Gasteiger partial charge is 0.436 e. The van der Waals surface area contributed by atoms with Gasteiger partial charge in [-0.1, -0.05) is 24.3 Å². The van der Waals surface area contributed by atoms with Crippen molar-refractivity contribution >= 4 is 29.1 Å². The fourth-order valence-corrected chi connectivity index (χ4v) is 4.20. The number of piperidine rings is 1. The third-order valence-corrected chi connectivity index (χ3v) is 5.50. The summed E-state index contributed by atoms with van der Waals surface area (Å²) in [5.41, 5.74) is 7.14. The first-order chi connectivity index (χ1) is 11.8. The van der Waals surface area contributed by atoms with E-state index in [4.69, 9.17) is 4.42 Å². The van der Waals surface area contributed by atoms with Crippen molar-refractivity contribution in [3.8, 4) is 11.5 Å². The number of hydrogen-bond acceptors (Lipinski definition) is 3. The molecule has 3 nitrogen and oxygen atoms in total. The molecule has 128 valence electrons. The Kier molecular flexibility index (Phi) is 4.04. The molecule has 3 aliphatic rings. The standard InChI is InChI=1S/C21H20N2O.ClH/c1-14-20(16-10-12-23(14)13-11-16)15-6-8-17(9-7-15)21-22-18-4-2-3-5-19(18)24-21;/h2-9,16H,10-13H2,1H3;1H. The van der Waals surface area contributed by atoms with E-state index in [0.717, 1.165) is 22.6 Å². The minimum atomic E-state index is 0. The van der Waals surface area contributed by atoms with Crippen molar-refractivity contribution in [2.45, 2.75) is 19.8 Å². The van der Waals surface area contributed by atoms with E-state index in [-0.39, 0.29) is 12.4 Å². The highest BCUT2D eigenvalue weighted by atomic mass is 35.5. The molecule has 0 amide bonds. The quantitative estimate of drug-likeness (QED) is 0.620. The molecule has 4 heteroatoms. The molecule has 4 heterocycles. The van der Waals surface area contributed by atoms with E-state index >= 15 is 0 Å². The Balaban J connectivity index is 0.00000157. The Morgan fingerprint density at radius 3 is 2.32 bits per heavy atom. The van der Waals surface area contributed by atoms with Crippen LogP contribution < -0.4 is 0 Å². The predicted molar refractivity (Wildman–Crippen MR) is 104 cm³/mol. The molecule has 25 heavy (non-hydrogen) atoms. The van der Waals surface area contributed by atoms with Crippen molar-refractivity contribution in [2.24, 2.45) is 5.92 Å². The topological polar surface area (TPSA) is 29.3 Å². The molecule has 0 atom stereocenters. The third kappa shape index (κ3) is 2.63. The molecule has 0 saturated carbocycles. The van der Waals surface area contributed by atoms with Gasteiger partial charge in [0.15, 0.2) is 5.58 Å². The first-order valence-corrected chi connectivity index (χ1v) is 8.72. The number of benzene rings is 2. The van der Waals surface area contributed by atoms with Crippen LogP contribution in [0.15, 0.2) is 58.6 Å². The lowest BCUT2D eigenvalue weighted by Crippen LogP contribution is -2.38. The highest BCUT2D eigenvalue weighted by Gasteiger charge is 2.31. The van der Waals surface area contributed by atoms with Gasteiger partial charge in [-0.25, -0.2) is 4.98 Å². The van der Waals surface area contributed by atoms with Crippen LogP contribution in [0.2, 0.25) is 0 Å². The Labute approximate surface area is 153 Å². The first-order valence-electron chi connectivity index (χ1n) is 8.72. The van der Waals surface area contributed by atoms with Gasteiger partial charge in [0.2, 0.25) is 5.89 Å². The second kappa shape index (κ2) is 6.23. The van der Waals surface area contributed by atoms with Gasteiger partial charge in [0.1, 0.15) is 5.52 Å². The number of nitrogens with zero attached hydrogens (tertiary/aromatic N) is 2. The van der Waals surface area contributed by atoms with Crippen LogP contribution in [0.4, 0.5) is 0 Å². The second-order valence-electron chi connectivity index (χ2n) is 6.82. The number of hydrogen-bond donors (Lipinski definition) is 0. The maximum atomic E-state index is 5.88. The molecule has 1 saturated heterocycles. The molecule has 3 aliphatic heterocycles. The highest BCUT2D eigenvalue weighted by molar-refractivity contribution is 5.85. The van der Waals surface area contributed by atoms with Crippen LogP contribution in [0.5, 0.6) is 0 Å². The van der Waals surface area contributed by atoms with E-state index in [0.29, 0.717) is 5.89 Å². The first kappa shape index (κ1) is 16.2. The maximum absolute atomic E-state index is 5.88. The van der Waals surface area contributed by atoms with Crippen LogP contribution in [0.25, 0.3) is 28.1 Å². The van der Waals surface area contributed by atoms with Crippen LogP contribution >= 0.6 is 12.4 Å². The average Bonchev–Trinajstić information content (AvgIpc) is 3.07. The number of fused-ring (bicyclic) bond motifs is 3. The summed E-state index contributed by atoms with van der Waals surface area (Å²) in [6.45, 7) is 4.72. The summed E-state index contributed by atoms with van der Waals surface area (Å²) in [6, 6.07) is 16.6. The molecule has 2 aromatic carbocycles. The summed E-state index contributed by atoms with van der Waals surface area (Å²) in [6.07, 6.45) is 2.58. The number of allylic oxidation sites excluding steroid dienone is 2. The van der Waals surface area contributed by atoms with Crippen molar-refractivity contribution in [1.82, 2.24) is 9.88 Å². The number of para-hydroxylation sites is 2. The smallest absolute Gasteiger partial charge is 0.227 e. The summed E-state index contributed by atoms with van der Waals surface area (Å²) in [7, 11) is 0. The normalized spacial score (nSPS) is 17.2. The number of aromatic nitrogens is 1. The minimum absolute atomic E-state index is 0. The molecule has 0 unspecified atom stereocenters. The molecule has 1 fully saturated rings. The summed E-state index contributed by atoms with van der Waals surface area (Å²) in [5.74, 6) is 1.42. The molecular weight excluding hydrogens is 332 g/mol. The molecule has 0 spiro atoms. The average molecular weight is 353 g/mol. The van der Waals surface area contributed by atoms with Gasteiger partial charge in [0.25, 0.3) is 0 Å². The van der Waals surface area contributed by atoms with E-state index in [1.54, 1.807) is 0 Å². The van der Waals surface area contributed by atoms with E-state index < -0.39 is 0 Å². The highest BCUT2D eigenvalue weighted by Crippen LogP contribution is 2.41. The molecule has 2 bridgehead atoms. The predicted octanol–water partition coefficient (Wildman–Crippen LogP) is 5.37. The Morgan fingerprint density at radius 1 is 0.960 bits per heavy atom. The van der Waals surface area contributed by atoms with Crippen LogP contribution in [0, 0.1) is 5.92 Å². The number of rotatable bonds is 2. The molecule has 6 rings (SSSR count). The van der Waals surface area contributed by atoms with Gasteiger partial charge in [-0.15, -0.1) is 12.4 Å². The maximum Gasteiger partial charge on any atom is 0.227 e. The summed E-state index contributed by atoms with van der Waals surface area (Å²) in [4.78, 5) is 7.12. The van der Waals surface area contributed by atoms with Gasteiger partial charge in [0.05, 0.1) is 0 Å². The van der Waals surface area contributed by atoms with Gasteiger partial charge in [-0.3, -0.25) is 0 Å². The lowest BCUT2D eigenvalue weighted by Gasteiger charge is -2.43. The van der Waals surface area contributed by atoms with Gasteiger partial charge in [0, 0.05) is 24.4 Å². The van der Waals surface area contributed by atoms with Crippen molar-refractivity contribution in [3.63, 3.8) is 0 Å². The summed E-state index contributed by atoms with van der Waals surface area (Å²) >= 11 is 0. The SMILES string of the molecule is CC1=C(c2ccc(-c3nc4ccccc4o3)cc2)C2CCN1CC2.Cl. The Bertz CT molecular complexity index is 901. The zero-order chi connectivity index (χ0) is 16.1. The summed E-state index contributed by atoms with van der Waals surface area (Å²) < 4.78 is 5.88. The number of oxazole rings is 1. The van der Waals surface area contributed by atoms with Crippen LogP contribution in [0.1, 0.15) is 25.3 Å². The minimum Gasteiger partial charge on any atom is -0.436 e. The van der Waals surface area contributed by atoms with Gasteiger partial charge in [-0.2, -0.15) is 0 Å². The molecule has 0 N–H and O–H groups in total. The van der Waals surface area contributed by atoms with E-state index in [9.17, 15) is 0 Å².